The summed E-state index contributed by atoms with van der Waals surface area (Å²) in [7, 11) is 0. The van der Waals surface area contributed by atoms with Crippen LogP contribution in [0.1, 0.15) is 52.1 Å². The second-order valence-electron chi connectivity index (χ2n) is 7.55. The average molecular weight is 315 g/mol. The first-order valence-corrected chi connectivity index (χ1v) is 8.26. The molecule has 124 valence electrons. The fourth-order valence-electron chi connectivity index (χ4n) is 3.19. The molecule has 1 aliphatic rings. The van der Waals surface area contributed by atoms with Crippen molar-refractivity contribution >= 4 is 17.0 Å². The third kappa shape index (κ3) is 3.49. The first-order chi connectivity index (χ1) is 10.8. The summed E-state index contributed by atoms with van der Waals surface area (Å²) in [6.07, 6.45) is 3.68. The van der Waals surface area contributed by atoms with Gasteiger partial charge in [-0.05, 0) is 57.2 Å². The molecular weight excluding hydrogens is 290 g/mol. The molecule has 0 bridgehead atoms. The number of rotatable bonds is 1. The molecule has 1 aromatic carbocycles. The number of hydrogen-bond acceptors (Lipinski definition) is 3. The number of benzene rings is 1. The van der Waals surface area contributed by atoms with E-state index in [1.165, 1.54) is 0 Å². The van der Waals surface area contributed by atoms with E-state index < -0.39 is 5.60 Å². The van der Waals surface area contributed by atoms with Gasteiger partial charge < -0.3 is 9.64 Å². The van der Waals surface area contributed by atoms with Gasteiger partial charge in [0.05, 0.1) is 17.8 Å². The number of nitrogens with one attached hydrogen (secondary N) is 1. The van der Waals surface area contributed by atoms with E-state index in [0.29, 0.717) is 5.92 Å². The molecule has 1 fully saturated rings. The Morgan fingerprint density at radius 1 is 1.35 bits per heavy atom. The molecule has 1 saturated heterocycles. The van der Waals surface area contributed by atoms with E-state index in [1.807, 2.05) is 37.9 Å². The molecule has 3 rings (SSSR count). The third-order valence-electron chi connectivity index (χ3n) is 4.29. The van der Waals surface area contributed by atoms with Gasteiger partial charge in [-0.3, -0.25) is 5.10 Å². The van der Waals surface area contributed by atoms with Crippen molar-refractivity contribution in [2.75, 3.05) is 6.54 Å². The SMILES string of the molecule is CC1CC[C@H](c2ccc3[nH]ncc3c2)N(C(=O)OC(C)(C)C)C1. The van der Waals surface area contributed by atoms with Gasteiger partial charge in [-0.15, -0.1) is 0 Å². The molecule has 0 spiro atoms. The Kier molecular flexibility index (Phi) is 4.04. The largest absolute Gasteiger partial charge is 0.444 e. The van der Waals surface area contributed by atoms with Crippen molar-refractivity contribution in [3.8, 4) is 0 Å². The Morgan fingerprint density at radius 3 is 2.87 bits per heavy atom. The zero-order chi connectivity index (χ0) is 16.6. The summed E-state index contributed by atoms with van der Waals surface area (Å²) >= 11 is 0. The van der Waals surface area contributed by atoms with Crippen molar-refractivity contribution in [1.82, 2.24) is 15.1 Å². The molecule has 5 nitrogen and oxygen atoms in total. The highest BCUT2D eigenvalue weighted by atomic mass is 16.6. The molecule has 0 radical (unpaired) electrons. The van der Waals surface area contributed by atoms with Gasteiger partial charge >= 0.3 is 6.09 Å². The van der Waals surface area contributed by atoms with Gasteiger partial charge in [-0.2, -0.15) is 5.10 Å². The summed E-state index contributed by atoms with van der Waals surface area (Å²) in [5.41, 5.74) is 1.69. The minimum Gasteiger partial charge on any atom is -0.444 e. The van der Waals surface area contributed by atoms with Crippen LogP contribution in [-0.2, 0) is 4.74 Å². The number of carbonyl (C=O) groups excluding carboxylic acids is 1. The highest BCUT2D eigenvalue weighted by molar-refractivity contribution is 5.79. The predicted molar refractivity (Wildman–Crippen MR) is 90.2 cm³/mol. The van der Waals surface area contributed by atoms with E-state index in [-0.39, 0.29) is 12.1 Å². The highest BCUT2D eigenvalue weighted by Gasteiger charge is 2.33. The molecule has 1 unspecified atom stereocenters. The third-order valence-corrected chi connectivity index (χ3v) is 4.29. The van der Waals surface area contributed by atoms with Crippen LogP contribution in [0.3, 0.4) is 0 Å². The number of aromatic nitrogens is 2. The summed E-state index contributed by atoms with van der Waals surface area (Å²) in [6, 6.07) is 6.30. The predicted octanol–water partition coefficient (Wildman–Crippen LogP) is 4.27. The van der Waals surface area contributed by atoms with E-state index in [9.17, 15) is 4.79 Å². The van der Waals surface area contributed by atoms with Crippen LogP contribution in [0.5, 0.6) is 0 Å². The Hall–Kier alpha value is -2.04. The number of amides is 1. The lowest BCUT2D eigenvalue weighted by Gasteiger charge is -2.39. The molecule has 1 amide bonds. The first-order valence-electron chi connectivity index (χ1n) is 8.26. The lowest BCUT2D eigenvalue weighted by molar-refractivity contribution is 0.00365. The monoisotopic (exact) mass is 315 g/mol. The first kappa shape index (κ1) is 15.8. The van der Waals surface area contributed by atoms with Crippen LogP contribution >= 0.6 is 0 Å². The highest BCUT2D eigenvalue weighted by Crippen LogP contribution is 2.35. The number of fused-ring (bicyclic) bond motifs is 1. The van der Waals surface area contributed by atoms with Gasteiger partial charge in [-0.1, -0.05) is 13.0 Å². The second-order valence-corrected chi connectivity index (χ2v) is 7.55. The van der Waals surface area contributed by atoms with E-state index in [2.05, 4.69) is 29.3 Å². The molecule has 5 heteroatoms. The zero-order valence-electron chi connectivity index (χ0n) is 14.3. The van der Waals surface area contributed by atoms with E-state index in [1.54, 1.807) is 0 Å². The van der Waals surface area contributed by atoms with Crippen molar-refractivity contribution in [2.45, 2.75) is 52.2 Å². The van der Waals surface area contributed by atoms with Crippen molar-refractivity contribution in [1.29, 1.82) is 0 Å². The Balaban J connectivity index is 1.89. The number of piperidine rings is 1. The number of hydrogen-bond donors (Lipinski definition) is 1. The molecule has 0 saturated carbocycles. The normalized spacial score (nSPS) is 22.3. The minimum absolute atomic E-state index is 0.0698. The summed E-state index contributed by atoms with van der Waals surface area (Å²) in [5, 5.41) is 8.11. The zero-order valence-corrected chi connectivity index (χ0v) is 14.3. The number of carbonyl (C=O) groups is 1. The van der Waals surface area contributed by atoms with Crippen LogP contribution in [-0.4, -0.2) is 33.3 Å². The molecule has 1 N–H and O–H groups in total. The lowest BCUT2D eigenvalue weighted by Crippen LogP contribution is -2.44. The quantitative estimate of drug-likeness (QED) is 0.855. The molecule has 0 aliphatic carbocycles. The molecule has 23 heavy (non-hydrogen) atoms. The van der Waals surface area contributed by atoms with E-state index >= 15 is 0 Å². The van der Waals surface area contributed by atoms with E-state index in [4.69, 9.17) is 4.74 Å². The van der Waals surface area contributed by atoms with Crippen LogP contribution in [0.15, 0.2) is 24.4 Å². The van der Waals surface area contributed by atoms with Crippen molar-refractivity contribution in [3.63, 3.8) is 0 Å². The number of likely N-dealkylation sites (tertiary alicyclic amines) is 1. The van der Waals surface area contributed by atoms with E-state index in [0.717, 1.165) is 35.9 Å². The van der Waals surface area contributed by atoms with Crippen LogP contribution < -0.4 is 0 Å². The minimum atomic E-state index is -0.475. The summed E-state index contributed by atoms with van der Waals surface area (Å²) < 4.78 is 5.62. The second kappa shape index (κ2) is 5.87. The van der Waals surface area contributed by atoms with Gasteiger partial charge in [-0.25, -0.2) is 4.79 Å². The van der Waals surface area contributed by atoms with Crippen molar-refractivity contribution < 1.29 is 9.53 Å². The maximum absolute atomic E-state index is 12.6. The Labute approximate surface area is 137 Å². The van der Waals surface area contributed by atoms with Gasteiger partial charge in [0, 0.05) is 11.9 Å². The smallest absolute Gasteiger partial charge is 0.410 e. The number of aromatic amines is 1. The molecule has 1 aliphatic heterocycles. The summed E-state index contributed by atoms with van der Waals surface area (Å²) in [6.45, 7) is 8.65. The van der Waals surface area contributed by atoms with Crippen molar-refractivity contribution in [2.24, 2.45) is 5.92 Å². The maximum atomic E-state index is 12.6. The molecular formula is C18H25N3O2. The lowest BCUT2D eigenvalue weighted by atomic mass is 9.90. The number of ether oxygens (including phenoxy) is 1. The van der Waals surface area contributed by atoms with Crippen LogP contribution in [0, 0.1) is 5.92 Å². The van der Waals surface area contributed by atoms with Crippen LogP contribution in [0.25, 0.3) is 10.9 Å². The average Bonchev–Trinajstić information content (AvgIpc) is 2.92. The van der Waals surface area contributed by atoms with Gasteiger partial charge in [0.2, 0.25) is 0 Å². The van der Waals surface area contributed by atoms with Crippen LogP contribution in [0.2, 0.25) is 0 Å². The Morgan fingerprint density at radius 2 is 2.13 bits per heavy atom. The molecule has 2 heterocycles. The number of nitrogens with zero attached hydrogens (tertiary/aromatic N) is 2. The molecule has 2 aromatic rings. The van der Waals surface area contributed by atoms with Gasteiger partial charge in [0.15, 0.2) is 0 Å². The summed E-state index contributed by atoms with van der Waals surface area (Å²) in [4.78, 5) is 14.5. The number of H-pyrrole nitrogens is 1. The fourth-order valence-corrected chi connectivity index (χ4v) is 3.19. The topological polar surface area (TPSA) is 58.2 Å². The summed E-state index contributed by atoms with van der Waals surface area (Å²) in [5.74, 6) is 0.497. The van der Waals surface area contributed by atoms with Gasteiger partial charge in [0.1, 0.15) is 5.60 Å². The van der Waals surface area contributed by atoms with Crippen LogP contribution in [0.4, 0.5) is 4.79 Å². The maximum Gasteiger partial charge on any atom is 0.410 e. The fraction of sp³-hybridized carbons (Fsp3) is 0.556. The standard InChI is InChI=1S/C18H25N3O2/c1-12-5-8-16(21(11-12)17(22)23-18(2,3)4)13-6-7-15-14(9-13)10-19-20-15/h6-7,9-10,12,16H,5,8,11H2,1-4H3,(H,19,20)/t12?,16-/m1/s1. The van der Waals surface area contributed by atoms with Crippen molar-refractivity contribution in [3.05, 3.63) is 30.0 Å². The van der Waals surface area contributed by atoms with Gasteiger partial charge in [0.25, 0.3) is 0 Å². The molecule has 1 aromatic heterocycles. The Bertz CT molecular complexity index is 702. The molecule has 2 atom stereocenters.